The highest BCUT2D eigenvalue weighted by Crippen LogP contribution is 2.20. The van der Waals surface area contributed by atoms with Gasteiger partial charge in [0.2, 0.25) is 0 Å². The van der Waals surface area contributed by atoms with Gasteiger partial charge in [-0.15, -0.1) is 0 Å². The molecule has 0 unspecified atom stereocenters. The molecule has 2 amide bonds. The summed E-state index contributed by atoms with van der Waals surface area (Å²) in [6.45, 7) is 3.53. The summed E-state index contributed by atoms with van der Waals surface area (Å²) >= 11 is 0. The summed E-state index contributed by atoms with van der Waals surface area (Å²) in [5.74, 6) is 0.452. The summed E-state index contributed by atoms with van der Waals surface area (Å²) in [5, 5.41) is 2.64. The Morgan fingerprint density at radius 2 is 1.76 bits per heavy atom. The molecule has 5 nitrogen and oxygen atoms in total. The van der Waals surface area contributed by atoms with E-state index < -0.39 is 5.82 Å². The summed E-state index contributed by atoms with van der Waals surface area (Å²) in [4.78, 5) is 16.3. The van der Waals surface area contributed by atoms with Crippen molar-refractivity contribution >= 4 is 11.7 Å². The Hall–Kier alpha value is -2.60. The van der Waals surface area contributed by atoms with Crippen LogP contribution in [0.15, 0.2) is 48.5 Å². The van der Waals surface area contributed by atoms with Crippen LogP contribution in [0, 0.1) is 5.82 Å². The maximum atomic E-state index is 13.6. The quantitative estimate of drug-likeness (QED) is 0.927. The van der Waals surface area contributed by atoms with E-state index in [4.69, 9.17) is 4.74 Å². The Bertz CT molecular complexity index is 730. The van der Waals surface area contributed by atoms with Crippen LogP contribution >= 0.6 is 0 Å². The second kappa shape index (κ2) is 7.98. The third-order valence-corrected chi connectivity index (χ3v) is 4.36. The second-order valence-corrected chi connectivity index (χ2v) is 5.99. The van der Waals surface area contributed by atoms with Gasteiger partial charge in [-0.2, -0.15) is 0 Å². The van der Waals surface area contributed by atoms with Crippen molar-refractivity contribution in [3.05, 3.63) is 59.9 Å². The summed E-state index contributed by atoms with van der Waals surface area (Å²) < 4.78 is 19.0. The topological polar surface area (TPSA) is 44.8 Å². The highest BCUT2D eigenvalue weighted by Gasteiger charge is 2.22. The minimum Gasteiger partial charge on any atom is -0.496 e. The second-order valence-electron chi connectivity index (χ2n) is 5.99. The number of rotatable bonds is 4. The van der Waals surface area contributed by atoms with Gasteiger partial charge in [-0.1, -0.05) is 30.3 Å². The minimum atomic E-state index is -0.425. The Labute approximate surface area is 147 Å². The number of halogens is 1. The van der Waals surface area contributed by atoms with Gasteiger partial charge in [0.25, 0.3) is 0 Å². The first kappa shape index (κ1) is 17.2. The number of hydrogen-bond acceptors (Lipinski definition) is 3. The predicted octanol–water partition coefficient (Wildman–Crippen LogP) is 3.18. The molecule has 0 radical (unpaired) electrons. The number of urea groups is 1. The zero-order valence-corrected chi connectivity index (χ0v) is 14.2. The normalized spacial score (nSPS) is 15.0. The van der Waals surface area contributed by atoms with E-state index in [1.807, 2.05) is 18.2 Å². The highest BCUT2D eigenvalue weighted by molar-refractivity contribution is 5.89. The average molecular weight is 343 g/mol. The number of hydrogen-bond donors (Lipinski definition) is 1. The third kappa shape index (κ3) is 4.28. The van der Waals surface area contributed by atoms with Gasteiger partial charge in [0.05, 0.1) is 12.8 Å². The molecule has 1 fully saturated rings. The standard InChI is InChI=1S/C19H22FN3O2/c1-25-18-9-5-2-6-15(18)14-22-10-12-23(13-11-22)19(24)21-17-8-4-3-7-16(17)20/h2-9H,10-14H2,1H3,(H,21,24). The van der Waals surface area contributed by atoms with E-state index in [9.17, 15) is 9.18 Å². The molecule has 0 saturated carbocycles. The van der Waals surface area contributed by atoms with Crippen molar-refractivity contribution in [2.75, 3.05) is 38.6 Å². The lowest BCUT2D eigenvalue weighted by Gasteiger charge is -2.34. The Morgan fingerprint density at radius 1 is 1.08 bits per heavy atom. The lowest BCUT2D eigenvalue weighted by atomic mass is 10.1. The Kier molecular flexibility index (Phi) is 5.50. The van der Waals surface area contributed by atoms with Crippen molar-refractivity contribution in [3.63, 3.8) is 0 Å². The predicted molar refractivity (Wildman–Crippen MR) is 95.3 cm³/mol. The van der Waals surface area contributed by atoms with Crippen molar-refractivity contribution in [1.82, 2.24) is 9.80 Å². The molecule has 0 aliphatic carbocycles. The summed E-state index contributed by atoms with van der Waals surface area (Å²) in [7, 11) is 1.67. The first-order chi connectivity index (χ1) is 12.2. The number of nitrogens with one attached hydrogen (secondary N) is 1. The van der Waals surface area contributed by atoms with Crippen molar-refractivity contribution in [2.24, 2.45) is 0 Å². The van der Waals surface area contributed by atoms with E-state index in [1.165, 1.54) is 6.07 Å². The van der Waals surface area contributed by atoms with Gasteiger partial charge >= 0.3 is 6.03 Å². The summed E-state index contributed by atoms with van der Waals surface area (Å²) in [5.41, 5.74) is 1.35. The number of nitrogens with zero attached hydrogens (tertiary/aromatic N) is 2. The van der Waals surface area contributed by atoms with Crippen LogP contribution in [-0.4, -0.2) is 49.1 Å². The number of piperazine rings is 1. The lowest BCUT2D eigenvalue weighted by Crippen LogP contribution is -2.49. The van der Waals surface area contributed by atoms with Crippen molar-refractivity contribution in [2.45, 2.75) is 6.54 Å². The van der Waals surface area contributed by atoms with Gasteiger partial charge in [-0.05, 0) is 18.2 Å². The lowest BCUT2D eigenvalue weighted by molar-refractivity contribution is 0.142. The monoisotopic (exact) mass is 343 g/mol. The average Bonchev–Trinajstić information content (AvgIpc) is 2.64. The fourth-order valence-corrected chi connectivity index (χ4v) is 2.94. The van der Waals surface area contributed by atoms with Gasteiger partial charge in [-0.3, -0.25) is 4.90 Å². The first-order valence-electron chi connectivity index (χ1n) is 8.32. The Morgan fingerprint density at radius 3 is 2.48 bits per heavy atom. The van der Waals surface area contributed by atoms with Gasteiger partial charge in [0.1, 0.15) is 11.6 Å². The van der Waals surface area contributed by atoms with Crippen LogP contribution < -0.4 is 10.1 Å². The number of amides is 2. The fraction of sp³-hybridized carbons (Fsp3) is 0.316. The van der Waals surface area contributed by atoms with Gasteiger partial charge < -0.3 is 15.0 Å². The van der Waals surface area contributed by atoms with Crippen LogP contribution in [0.25, 0.3) is 0 Å². The molecule has 1 heterocycles. The van der Waals surface area contributed by atoms with E-state index >= 15 is 0 Å². The molecule has 6 heteroatoms. The molecule has 1 N–H and O–H groups in total. The van der Waals surface area contributed by atoms with Crippen LogP contribution in [0.4, 0.5) is 14.9 Å². The van der Waals surface area contributed by atoms with E-state index in [0.29, 0.717) is 13.1 Å². The van der Waals surface area contributed by atoms with E-state index in [0.717, 1.165) is 30.9 Å². The number of carbonyl (C=O) groups is 1. The summed E-state index contributed by atoms with van der Waals surface area (Å²) in [6, 6.07) is 13.9. The van der Waals surface area contributed by atoms with Gasteiger partial charge in [-0.25, -0.2) is 9.18 Å². The molecular formula is C19H22FN3O2. The number of anilines is 1. The molecule has 132 valence electrons. The number of ether oxygens (including phenoxy) is 1. The molecule has 2 aromatic rings. The van der Waals surface area contributed by atoms with Crippen LogP contribution in [0.1, 0.15) is 5.56 Å². The largest absolute Gasteiger partial charge is 0.496 e. The minimum absolute atomic E-state index is 0.212. The molecular weight excluding hydrogens is 321 g/mol. The SMILES string of the molecule is COc1ccccc1CN1CCN(C(=O)Nc2ccccc2F)CC1. The van der Waals surface area contributed by atoms with Gasteiger partial charge in [0, 0.05) is 38.3 Å². The van der Waals surface area contributed by atoms with E-state index in [1.54, 1.807) is 30.2 Å². The van der Waals surface area contributed by atoms with Crippen LogP contribution in [0.2, 0.25) is 0 Å². The maximum Gasteiger partial charge on any atom is 0.322 e. The molecule has 0 aromatic heterocycles. The number of methoxy groups -OCH3 is 1. The van der Waals surface area contributed by atoms with Crippen LogP contribution in [-0.2, 0) is 6.54 Å². The van der Waals surface area contributed by atoms with Crippen molar-refractivity contribution < 1.29 is 13.9 Å². The van der Waals surface area contributed by atoms with Crippen molar-refractivity contribution in [3.8, 4) is 5.75 Å². The maximum absolute atomic E-state index is 13.6. The van der Waals surface area contributed by atoms with Crippen LogP contribution in [0.3, 0.4) is 0 Å². The third-order valence-electron chi connectivity index (χ3n) is 4.36. The van der Waals surface area contributed by atoms with E-state index in [2.05, 4.69) is 16.3 Å². The zero-order valence-electron chi connectivity index (χ0n) is 14.2. The molecule has 25 heavy (non-hydrogen) atoms. The smallest absolute Gasteiger partial charge is 0.322 e. The molecule has 2 aromatic carbocycles. The molecule has 0 bridgehead atoms. The highest BCUT2D eigenvalue weighted by atomic mass is 19.1. The van der Waals surface area contributed by atoms with Gasteiger partial charge in [0.15, 0.2) is 0 Å². The molecule has 1 aliphatic rings. The number of para-hydroxylation sites is 2. The van der Waals surface area contributed by atoms with Crippen LogP contribution in [0.5, 0.6) is 5.75 Å². The molecule has 3 rings (SSSR count). The Balaban J connectivity index is 1.53. The molecule has 1 saturated heterocycles. The fourth-order valence-electron chi connectivity index (χ4n) is 2.94. The molecule has 0 atom stereocenters. The molecule has 1 aliphatic heterocycles. The number of benzene rings is 2. The van der Waals surface area contributed by atoms with E-state index in [-0.39, 0.29) is 11.7 Å². The first-order valence-corrected chi connectivity index (χ1v) is 8.32. The number of carbonyl (C=O) groups excluding carboxylic acids is 1. The zero-order chi connectivity index (χ0) is 17.6. The summed E-state index contributed by atoms with van der Waals surface area (Å²) in [6.07, 6.45) is 0. The van der Waals surface area contributed by atoms with Crippen molar-refractivity contribution in [1.29, 1.82) is 0 Å². The molecule has 0 spiro atoms.